The number of fused-ring (bicyclic) bond motifs is 7. The van der Waals surface area contributed by atoms with Gasteiger partial charge in [0, 0.05) is 33.0 Å². The summed E-state index contributed by atoms with van der Waals surface area (Å²) < 4.78 is 6.45. The molecule has 0 aliphatic rings. The van der Waals surface area contributed by atoms with Gasteiger partial charge in [-0.25, -0.2) is 9.97 Å². The molecule has 2 aromatic heterocycles. The van der Waals surface area contributed by atoms with E-state index in [0.717, 1.165) is 66.7 Å². The first-order chi connectivity index (χ1) is 27.3. The van der Waals surface area contributed by atoms with Gasteiger partial charge in [0.05, 0.1) is 11.4 Å². The average molecular weight is 701 g/mol. The molecular formula is C52H32N2O. The average Bonchev–Trinajstić information content (AvgIpc) is 3.65. The molecule has 55 heavy (non-hydrogen) atoms. The van der Waals surface area contributed by atoms with Gasteiger partial charge in [0.15, 0.2) is 5.82 Å². The smallest absolute Gasteiger partial charge is 0.160 e. The van der Waals surface area contributed by atoms with Crippen molar-refractivity contribution in [3.63, 3.8) is 0 Å². The third-order valence-electron chi connectivity index (χ3n) is 10.9. The first-order valence-electron chi connectivity index (χ1n) is 18.7. The van der Waals surface area contributed by atoms with Crippen molar-refractivity contribution >= 4 is 54.3 Å². The molecule has 0 radical (unpaired) electrons. The molecule has 0 saturated heterocycles. The number of hydrogen-bond donors (Lipinski definition) is 0. The molecule has 0 atom stereocenters. The minimum absolute atomic E-state index is 0.682. The summed E-state index contributed by atoms with van der Waals surface area (Å²) in [5, 5.41) is 9.59. The Morgan fingerprint density at radius 3 is 1.85 bits per heavy atom. The zero-order chi connectivity index (χ0) is 36.3. The molecule has 0 aliphatic carbocycles. The number of para-hydroxylation sites is 2. The Balaban J connectivity index is 1.14. The summed E-state index contributed by atoms with van der Waals surface area (Å²) in [4.78, 5) is 10.5. The van der Waals surface area contributed by atoms with Crippen LogP contribution in [0.1, 0.15) is 0 Å². The normalized spacial score (nSPS) is 11.6. The lowest BCUT2D eigenvalue weighted by Crippen LogP contribution is -1.97. The number of hydrogen-bond acceptors (Lipinski definition) is 3. The second-order valence-corrected chi connectivity index (χ2v) is 14.1. The van der Waals surface area contributed by atoms with E-state index in [4.69, 9.17) is 14.4 Å². The van der Waals surface area contributed by atoms with E-state index >= 15 is 0 Å². The SMILES string of the molecule is c1ccc(-c2nc(-c3cccc(-c4cccc5c4oc4ccccc45)c3)cc(-c3ccccc3-c3c4ccccc4cc4c3ccc3ccccc34)n2)cc1. The van der Waals surface area contributed by atoms with Crippen LogP contribution in [-0.2, 0) is 0 Å². The van der Waals surface area contributed by atoms with Gasteiger partial charge in [-0.05, 0) is 73.3 Å². The molecule has 0 unspecified atom stereocenters. The minimum atomic E-state index is 0.682. The molecule has 3 nitrogen and oxygen atoms in total. The summed E-state index contributed by atoms with van der Waals surface area (Å²) in [6.45, 7) is 0. The Labute approximate surface area is 317 Å². The van der Waals surface area contributed by atoms with Gasteiger partial charge in [-0.3, -0.25) is 0 Å². The van der Waals surface area contributed by atoms with Crippen LogP contribution in [0.15, 0.2) is 199 Å². The maximum absolute atomic E-state index is 6.45. The first kappa shape index (κ1) is 31.2. The number of aromatic nitrogens is 2. The fourth-order valence-electron chi connectivity index (χ4n) is 8.30. The van der Waals surface area contributed by atoms with Gasteiger partial charge in [-0.2, -0.15) is 0 Å². The molecular weight excluding hydrogens is 669 g/mol. The quantitative estimate of drug-likeness (QED) is 0.133. The lowest BCUT2D eigenvalue weighted by Gasteiger charge is -2.17. The molecule has 9 aromatic carbocycles. The van der Waals surface area contributed by atoms with E-state index < -0.39 is 0 Å². The van der Waals surface area contributed by atoms with Crippen LogP contribution in [0.5, 0.6) is 0 Å². The van der Waals surface area contributed by atoms with Crippen molar-refractivity contribution in [3.05, 3.63) is 194 Å². The van der Waals surface area contributed by atoms with Gasteiger partial charge in [0.1, 0.15) is 11.2 Å². The van der Waals surface area contributed by atoms with Gasteiger partial charge in [0.25, 0.3) is 0 Å². The van der Waals surface area contributed by atoms with E-state index in [0.29, 0.717) is 5.82 Å². The van der Waals surface area contributed by atoms with Crippen molar-refractivity contribution in [2.45, 2.75) is 0 Å². The van der Waals surface area contributed by atoms with Crippen LogP contribution in [0.3, 0.4) is 0 Å². The second-order valence-electron chi connectivity index (χ2n) is 14.1. The fourth-order valence-corrected chi connectivity index (χ4v) is 8.30. The van der Waals surface area contributed by atoms with Crippen LogP contribution >= 0.6 is 0 Å². The van der Waals surface area contributed by atoms with Crippen molar-refractivity contribution in [3.8, 4) is 56.2 Å². The zero-order valence-electron chi connectivity index (χ0n) is 29.8. The summed E-state index contributed by atoms with van der Waals surface area (Å²) in [6, 6.07) is 68.6. The largest absolute Gasteiger partial charge is 0.455 e. The van der Waals surface area contributed by atoms with Gasteiger partial charge in [-0.15, -0.1) is 0 Å². The molecule has 2 heterocycles. The fraction of sp³-hybridized carbons (Fsp3) is 0. The predicted molar refractivity (Wildman–Crippen MR) is 229 cm³/mol. The summed E-state index contributed by atoms with van der Waals surface area (Å²) in [7, 11) is 0. The van der Waals surface area contributed by atoms with Crippen LogP contribution in [0.25, 0.3) is 110 Å². The standard InChI is InChI=1S/C52H32N2O/c1-2-15-34(16-3-1)52-53-47(37-19-12-18-35(30-37)40-25-13-26-45-42-23-10-11-27-49(42)55-51(40)45)32-48(54-52)41-22-8-9-24-43(41)50-39-21-7-5-17-36(39)31-46-38-20-6-4-14-33(38)28-29-44(46)50/h1-32H. The lowest BCUT2D eigenvalue weighted by atomic mass is 9.87. The summed E-state index contributed by atoms with van der Waals surface area (Å²) >= 11 is 0. The second kappa shape index (κ2) is 12.6. The van der Waals surface area contributed by atoms with Crippen molar-refractivity contribution < 1.29 is 4.42 Å². The minimum Gasteiger partial charge on any atom is -0.455 e. The van der Waals surface area contributed by atoms with Crippen LogP contribution in [0.4, 0.5) is 0 Å². The highest BCUT2D eigenvalue weighted by Crippen LogP contribution is 2.44. The third kappa shape index (κ3) is 5.20. The third-order valence-corrected chi connectivity index (χ3v) is 10.9. The number of rotatable bonds is 5. The molecule has 0 aliphatic heterocycles. The van der Waals surface area contributed by atoms with E-state index in [1.165, 1.54) is 37.9 Å². The van der Waals surface area contributed by atoms with Crippen LogP contribution in [-0.4, -0.2) is 9.97 Å². The van der Waals surface area contributed by atoms with Gasteiger partial charge in [-0.1, -0.05) is 170 Å². The van der Waals surface area contributed by atoms with Gasteiger partial charge < -0.3 is 4.42 Å². The van der Waals surface area contributed by atoms with Crippen molar-refractivity contribution in [2.24, 2.45) is 0 Å². The molecule has 11 rings (SSSR count). The first-order valence-corrected chi connectivity index (χ1v) is 18.7. The maximum atomic E-state index is 6.45. The molecule has 3 heteroatoms. The predicted octanol–water partition coefficient (Wildman–Crippen LogP) is 14.2. The Bertz CT molecular complexity index is 3270. The highest BCUT2D eigenvalue weighted by molar-refractivity contribution is 6.21. The monoisotopic (exact) mass is 700 g/mol. The van der Waals surface area contributed by atoms with E-state index in [-0.39, 0.29) is 0 Å². The summed E-state index contributed by atoms with van der Waals surface area (Å²) in [5.74, 6) is 0.682. The van der Waals surface area contributed by atoms with Crippen LogP contribution < -0.4 is 0 Å². The molecule has 0 spiro atoms. The number of furan rings is 1. The highest BCUT2D eigenvalue weighted by atomic mass is 16.3. The number of benzene rings is 9. The van der Waals surface area contributed by atoms with E-state index in [1.54, 1.807) is 0 Å². The van der Waals surface area contributed by atoms with Crippen molar-refractivity contribution in [1.29, 1.82) is 0 Å². The molecule has 0 fully saturated rings. The van der Waals surface area contributed by atoms with E-state index in [1.807, 2.05) is 30.3 Å². The molecule has 0 amide bonds. The van der Waals surface area contributed by atoms with E-state index in [9.17, 15) is 0 Å². The van der Waals surface area contributed by atoms with Crippen LogP contribution in [0.2, 0.25) is 0 Å². The molecule has 0 saturated carbocycles. The Kier molecular flexibility index (Phi) is 7.17. The van der Waals surface area contributed by atoms with Gasteiger partial charge >= 0.3 is 0 Å². The number of nitrogens with zero attached hydrogens (tertiary/aromatic N) is 2. The van der Waals surface area contributed by atoms with Gasteiger partial charge in [0.2, 0.25) is 0 Å². The molecule has 0 N–H and O–H groups in total. The maximum Gasteiger partial charge on any atom is 0.160 e. The zero-order valence-corrected chi connectivity index (χ0v) is 29.8. The van der Waals surface area contributed by atoms with Crippen molar-refractivity contribution in [1.82, 2.24) is 9.97 Å². The molecule has 256 valence electrons. The highest BCUT2D eigenvalue weighted by Gasteiger charge is 2.19. The summed E-state index contributed by atoms with van der Waals surface area (Å²) in [5.41, 5.74) is 11.0. The molecule has 0 bridgehead atoms. The van der Waals surface area contributed by atoms with Crippen molar-refractivity contribution in [2.75, 3.05) is 0 Å². The Morgan fingerprint density at radius 2 is 0.964 bits per heavy atom. The van der Waals surface area contributed by atoms with Crippen LogP contribution in [0, 0.1) is 0 Å². The topological polar surface area (TPSA) is 38.9 Å². The lowest BCUT2D eigenvalue weighted by molar-refractivity contribution is 0.670. The Hall–Kier alpha value is -7.36. The summed E-state index contributed by atoms with van der Waals surface area (Å²) in [6.07, 6.45) is 0. The Morgan fingerprint density at radius 1 is 0.327 bits per heavy atom. The molecule has 11 aromatic rings. The van der Waals surface area contributed by atoms with E-state index in [2.05, 4.69) is 164 Å².